The van der Waals surface area contributed by atoms with Gasteiger partial charge in [0.15, 0.2) is 0 Å². The van der Waals surface area contributed by atoms with Crippen molar-refractivity contribution < 1.29 is 14.3 Å². The van der Waals surface area contributed by atoms with Crippen LogP contribution >= 0.6 is 11.3 Å². The van der Waals surface area contributed by atoms with E-state index in [1.165, 1.54) is 11.3 Å². The number of carbonyl (C=O) groups excluding carboxylic acids is 1. The standard InChI is InChI=1S/C22H25N3O3S/c1-16(2)27-12-18-8-6-17(7-9-18)11-23-22(26)25-19-4-3-5-21(10-19)28-13-20-14-29-15-24-20/h3-10,14-16H,11-13H2,1-2H3,(H2,23,25,26). The predicted molar refractivity (Wildman–Crippen MR) is 115 cm³/mol. The summed E-state index contributed by atoms with van der Waals surface area (Å²) in [5.74, 6) is 0.676. The van der Waals surface area contributed by atoms with Crippen molar-refractivity contribution >= 4 is 23.1 Å². The lowest BCUT2D eigenvalue weighted by Crippen LogP contribution is -2.28. The summed E-state index contributed by atoms with van der Waals surface area (Å²) in [5, 5.41) is 7.63. The Morgan fingerprint density at radius 3 is 2.62 bits per heavy atom. The third kappa shape index (κ3) is 7.21. The molecule has 1 aromatic heterocycles. The first-order valence-electron chi connectivity index (χ1n) is 9.42. The fourth-order valence-corrected chi connectivity index (χ4v) is 3.05. The quantitative estimate of drug-likeness (QED) is 0.521. The van der Waals surface area contributed by atoms with Gasteiger partial charge in [0, 0.05) is 23.7 Å². The minimum Gasteiger partial charge on any atom is -0.487 e. The van der Waals surface area contributed by atoms with E-state index in [0.29, 0.717) is 31.2 Å². The number of nitrogens with one attached hydrogen (secondary N) is 2. The van der Waals surface area contributed by atoms with Crippen molar-refractivity contribution in [3.05, 3.63) is 76.2 Å². The Hall–Kier alpha value is -2.90. The van der Waals surface area contributed by atoms with Gasteiger partial charge in [-0.3, -0.25) is 0 Å². The second-order valence-corrected chi connectivity index (χ2v) is 7.50. The molecule has 0 unspecified atom stereocenters. The number of nitrogens with zero attached hydrogens (tertiary/aromatic N) is 1. The molecule has 0 bridgehead atoms. The Kier molecular flexibility index (Phi) is 7.61. The number of anilines is 1. The molecule has 0 aliphatic carbocycles. The number of aromatic nitrogens is 1. The number of ether oxygens (including phenoxy) is 2. The van der Waals surface area contributed by atoms with Gasteiger partial charge in [0.25, 0.3) is 0 Å². The highest BCUT2D eigenvalue weighted by Gasteiger charge is 2.05. The van der Waals surface area contributed by atoms with E-state index in [1.54, 1.807) is 11.6 Å². The van der Waals surface area contributed by atoms with Crippen molar-refractivity contribution in [3.8, 4) is 5.75 Å². The molecule has 0 radical (unpaired) electrons. The highest BCUT2D eigenvalue weighted by atomic mass is 32.1. The van der Waals surface area contributed by atoms with Gasteiger partial charge in [-0.2, -0.15) is 0 Å². The minimum absolute atomic E-state index is 0.205. The van der Waals surface area contributed by atoms with Gasteiger partial charge in [0.05, 0.1) is 23.9 Å². The molecule has 0 saturated heterocycles. The number of carbonyl (C=O) groups is 1. The van der Waals surface area contributed by atoms with E-state index in [4.69, 9.17) is 9.47 Å². The van der Waals surface area contributed by atoms with E-state index in [-0.39, 0.29) is 12.1 Å². The van der Waals surface area contributed by atoms with Crippen LogP contribution in [-0.2, 0) is 24.5 Å². The van der Waals surface area contributed by atoms with Gasteiger partial charge in [0.2, 0.25) is 0 Å². The Labute approximate surface area is 174 Å². The highest BCUT2D eigenvalue weighted by Crippen LogP contribution is 2.18. The smallest absolute Gasteiger partial charge is 0.319 e. The molecule has 0 aliphatic heterocycles. The molecule has 7 heteroatoms. The Morgan fingerprint density at radius 2 is 1.90 bits per heavy atom. The summed E-state index contributed by atoms with van der Waals surface area (Å²) in [5.41, 5.74) is 5.45. The summed E-state index contributed by atoms with van der Waals surface area (Å²) in [6, 6.07) is 15.0. The number of rotatable bonds is 9. The third-order valence-corrected chi connectivity index (χ3v) is 4.66. The molecule has 3 rings (SSSR count). The lowest BCUT2D eigenvalue weighted by molar-refractivity contribution is 0.0657. The molecular formula is C22H25N3O3S. The van der Waals surface area contributed by atoms with Crippen molar-refractivity contribution in [1.82, 2.24) is 10.3 Å². The molecule has 2 aromatic carbocycles. The van der Waals surface area contributed by atoms with Gasteiger partial charge in [-0.05, 0) is 37.1 Å². The van der Waals surface area contributed by atoms with Crippen molar-refractivity contribution in [2.45, 2.75) is 39.7 Å². The first-order chi connectivity index (χ1) is 14.1. The first kappa shape index (κ1) is 20.8. The van der Waals surface area contributed by atoms with Crippen molar-refractivity contribution in [2.24, 2.45) is 0 Å². The average molecular weight is 412 g/mol. The summed E-state index contributed by atoms with van der Waals surface area (Å²) in [7, 11) is 0. The van der Waals surface area contributed by atoms with E-state index in [9.17, 15) is 4.79 Å². The zero-order chi connectivity index (χ0) is 20.5. The topological polar surface area (TPSA) is 72.5 Å². The summed E-state index contributed by atoms with van der Waals surface area (Å²) < 4.78 is 11.3. The number of hydrogen-bond acceptors (Lipinski definition) is 5. The summed E-state index contributed by atoms with van der Waals surface area (Å²) in [4.78, 5) is 16.4. The number of thiazole rings is 1. The van der Waals surface area contributed by atoms with Crippen LogP contribution < -0.4 is 15.4 Å². The summed E-state index contributed by atoms with van der Waals surface area (Å²) in [6.45, 7) is 5.46. The molecule has 2 N–H and O–H groups in total. The van der Waals surface area contributed by atoms with E-state index >= 15 is 0 Å². The molecule has 0 atom stereocenters. The molecule has 2 amide bonds. The predicted octanol–water partition coefficient (Wildman–Crippen LogP) is 4.97. The second kappa shape index (κ2) is 10.6. The number of hydrogen-bond donors (Lipinski definition) is 2. The van der Waals surface area contributed by atoms with E-state index < -0.39 is 0 Å². The lowest BCUT2D eigenvalue weighted by Gasteiger charge is -2.11. The van der Waals surface area contributed by atoms with Crippen LogP contribution in [0.4, 0.5) is 10.5 Å². The molecule has 0 saturated carbocycles. The maximum Gasteiger partial charge on any atom is 0.319 e. The normalized spacial score (nSPS) is 10.7. The van der Waals surface area contributed by atoms with E-state index in [1.807, 2.05) is 61.7 Å². The largest absolute Gasteiger partial charge is 0.487 e. The summed E-state index contributed by atoms with van der Waals surface area (Å²) >= 11 is 1.53. The zero-order valence-electron chi connectivity index (χ0n) is 16.6. The van der Waals surface area contributed by atoms with E-state index in [0.717, 1.165) is 16.8 Å². The van der Waals surface area contributed by atoms with Gasteiger partial charge < -0.3 is 20.1 Å². The molecule has 152 valence electrons. The molecular weight excluding hydrogens is 386 g/mol. The fourth-order valence-electron chi connectivity index (χ4n) is 2.50. The van der Waals surface area contributed by atoms with Gasteiger partial charge in [-0.15, -0.1) is 11.3 Å². The molecule has 3 aromatic rings. The minimum atomic E-state index is -0.270. The fraction of sp³-hybridized carbons (Fsp3) is 0.273. The van der Waals surface area contributed by atoms with Gasteiger partial charge >= 0.3 is 6.03 Å². The van der Waals surface area contributed by atoms with Crippen molar-refractivity contribution in [1.29, 1.82) is 0 Å². The lowest BCUT2D eigenvalue weighted by atomic mass is 10.1. The van der Waals surface area contributed by atoms with Crippen LogP contribution in [-0.4, -0.2) is 17.1 Å². The van der Waals surface area contributed by atoms with Crippen LogP contribution in [0.3, 0.4) is 0 Å². The maximum atomic E-state index is 12.2. The summed E-state index contributed by atoms with van der Waals surface area (Å²) in [6.07, 6.45) is 0.205. The van der Waals surface area contributed by atoms with Crippen molar-refractivity contribution in [2.75, 3.05) is 5.32 Å². The van der Waals surface area contributed by atoms with Crippen LogP contribution in [0.5, 0.6) is 5.75 Å². The van der Waals surface area contributed by atoms with Crippen LogP contribution in [0, 0.1) is 0 Å². The first-order valence-corrected chi connectivity index (χ1v) is 10.4. The van der Waals surface area contributed by atoms with Gasteiger partial charge in [-0.1, -0.05) is 30.3 Å². The van der Waals surface area contributed by atoms with E-state index in [2.05, 4.69) is 15.6 Å². The van der Waals surface area contributed by atoms with Gasteiger partial charge in [0.1, 0.15) is 12.4 Å². The van der Waals surface area contributed by atoms with Crippen LogP contribution in [0.25, 0.3) is 0 Å². The Bertz CT molecular complexity index is 896. The van der Waals surface area contributed by atoms with Crippen LogP contribution in [0.1, 0.15) is 30.7 Å². The van der Waals surface area contributed by atoms with Crippen LogP contribution in [0.15, 0.2) is 59.4 Å². The molecule has 6 nitrogen and oxygen atoms in total. The molecule has 0 spiro atoms. The van der Waals surface area contributed by atoms with Crippen molar-refractivity contribution in [3.63, 3.8) is 0 Å². The Morgan fingerprint density at radius 1 is 1.10 bits per heavy atom. The highest BCUT2D eigenvalue weighted by molar-refractivity contribution is 7.07. The second-order valence-electron chi connectivity index (χ2n) is 6.78. The SMILES string of the molecule is CC(C)OCc1ccc(CNC(=O)Nc2cccc(OCc3cscn3)c2)cc1. The number of amides is 2. The average Bonchev–Trinajstić information content (AvgIpc) is 3.24. The molecule has 0 fully saturated rings. The molecule has 0 aliphatic rings. The van der Waals surface area contributed by atoms with Crippen LogP contribution in [0.2, 0.25) is 0 Å². The zero-order valence-corrected chi connectivity index (χ0v) is 17.4. The Balaban J connectivity index is 1.45. The maximum absolute atomic E-state index is 12.2. The third-order valence-electron chi connectivity index (χ3n) is 4.02. The monoisotopic (exact) mass is 411 g/mol. The molecule has 1 heterocycles. The number of benzene rings is 2. The number of urea groups is 1. The molecule has 29 heavy (non-hydrogen) atoms. The van der Waals surface area contributed by atoms with Gasteiger partial charge in [-0.25, -0.2) is 9.78 Å².